The molecule has 1 unspecified atom stereocenters. The predicted molar refractivity (Wildman–Crippen MR) is 75.1 cm³/mol. The molecular formula is C13H19BrClN. The second kappa shape index (κ2) is 7.31. The second-order valence-electron chi connectivity index (χ2n) is 3.90. The normalized spacial score (nSPS) is 12.8. The van der Waals surface area contributed by atoms with Gasteiger partial charge in [0.15, 0.2) is 0 Å². The summed E-state index contributed by atoms with van der Waals surface area (Å²) >= 11 is 9.79. The van der Waals surface area contributed by atoms with Crippen LogP contribution in [0.3, 0.4) is 0 Å². The molecule has 3 heteroatoms. The molecular weight excluding hydrogens is 286 g/mol. The summed E-state index contributed by atoms with van der Waals surface area (Å²) < 4.78 is 0.978. The van der Waals surface area contributed by atoms with Gasteiger partial charge in [-0.2, -0.15) is 0 Å². The van der Waals surface area contributed by atoms with Crippen LogP contribution in [0.4, 0.5) is 0 Å². The van der Waals surface area contributed by atoms with Gasteiger partial charge in [0.25, 0.3) is 0 Å². The average Bonchev–Trinajstić information content (AvgIpc) is 2.28. The fraction of sp³-hybridized carbons (Fsp3) is 0.538. The highest BCUT2D eigenvalue weighted by atomic mass is 79.9. The third-order valence-corrected chi connectivity index (χ3v) is 3.96. The lowest BCUT2D eigenvalue weighted by molar-refractivity contribution is 0.495. The van der Waals surface area contributed by atoms with Crippen LogP contribution < -0.4 is 5.32 Å². The number of benzene rings is 1. The van der Waals surface area contributed by atoms with Crippen molar-refractivity contribution in [2.75, 3.05) is 6.54 Å². The number of hydrogen-bond acceptors (Lipinski definition) is 1. The summed E-state index contributed by atoms with van der Waals surface area (Å²) in [6.45, 7) is 5.31. The van der Waals surface area contributed by atoms with Crippen molar-refractivity contribution < 1.29 is 0 Å². The maximum absolute atomic E-state index is 6.32. The third-order valence-electron chi connectivity index (χ3n) is 2.65. The van der Waals surface area contributed by atoms with Gasteiger partial charge in [-0.3, -0.25) is 0 Å². The first-order valence-corrected chi connectivity index (χ1v) is 7.05. The van der Waals surface area contributed by atoms with Crippen molar-refractivity contribution in [2.45, 2.75) is 39.2 Å². The molecule has 0 amide bonds. The molecule has 0 radical (unpaired) electrons. The van der Waals surface area contributed by atoms with Crippen LogP contribution in [0.25, 0.3) is 0 Å². The molecule has 0 aliphatic heterocycles. The van der Waals surface area contributed by atoms with Crippen LogP contribution >= 0.6 is 27.5 Å². The fourth-order valence-corrected chi connectivity index (χ4v) is 2.45. The summed E-state index contributed by atoms with van der Waals surface area (Å²) in [5, 5.41) is 4.33. The Balaban J connectivity index is 2.86. The fourth-order valence-electron chi connectivity index (χ4n) is 1.81. The van der Waals surface area contributed by atoms with Crippen molar-refractivity contribution in [3.8, 4) is 0 Å². The van der Waals surface area contributed by atoms with Gasteiger partial charge >= 0.3 is 0 Å². The van der Waals surface area contributed by atoms with E-state index in [0.717, 1.165) is 22.5 Å². The molecule has 1 atom stereocenters. The van der Waals surface area contributed by atoms with Gasteiger partial charge in [-0.1, -0.05) is 50.4 Å². The molecule has 1 aromatic carbocycles. The molecule has 1 aromatic rings. The lowest BCUT2D eigenvalue weighted by atomic mass is 10.0. The summed E-state index contributed by atoms with van der Waals surface area (Å²) in [5.74, 6) is 0. The lowest BCUT2D eigenvalue weighted by Crippen LogP contribution is -2.21. The van der Waals surface area contributed by atoms with Gasteiger partial charge in [0.2, 0.25) is 0 Å². The number of halogens is 2. The van der Waals surface area contributed by atoms with E-state index in [1.807, 2.05) is 12.1 Å². The zero-order valence-corrected chi connectivity index (χ0v) is 12.2. The molecule has 0 aliphatic rings. The van der Waals surface area contributed by atoms with Gasteiger partial charge < -0.3 is 5.32 Å². The highest BCUT2D eigenvalue weighted by Crippen LogP contribution is 2.32. The topological polar surface area (TPSA) is 12.0 Å². The number of nitrogens with one attached hydrogen (secondary N) is 1. The molecule has 0 aliphatic carbocycles. The van der Waals surface area contributed by atoms with E-state index in [4.69, 9.17) is 11.6 Å². The van der Waals surface area contributed by atoms with Crippen molar-refractivity contribution in [1.29, 1.82) is 0 Å². The van der Waals surface area contributed by atoms with Crippen LogP contribution in [-0.4, -0.2) is 6.54 Å². The highest BCUT2D eigenvalue weighted by molar-refractivity contribution is 9.10. The quantitative estimate of drug-likeness (QED) is 0.784. The number of hydrogen-bond donors (Lipinski definition) is 1. The van der Waals surface area contributed by atoms with Crippen molar-refractivity contribution in [1.82, 2.24) is 5.32 Å². The first kappa shape index (κ1) is 14.0. The predicted octanol–water partition coefficient (Wildman–Crippen LogP) is 4.94. The lowest BCUT2D eigenvalue weighted by Gasteiger charge is -2.19. The SMILES string of the molecule is CCCCC(NCC)c1cccc(Br)c1Cl. The van der Waals surface area contributed by atoms with Gasteiger partial charge in [-0.05, 0) is 40.5 Å². The Morgan fingerprint density at radius 1 is 1.38 bits per heavy atom. The Bertz CT molecular complexity index is 328. The zero-order valence-electron chi connectivity index (χ0n) is 9.89. The van der Waals surface area contributed by atoms with Crippen molar-refractivity contribution in [2.24, 2.45) is 0 Å². The Hall–Kier alpha value is -0.0500. The molecule has 0 aromatic heterocycles. The van der Waals surface area contributed by atoms with Crippen LogP contribution in [0.15, 0.2) is 22.7 Å². The molecule has 0 fully saturated rings. The molecule has 16 heavy (non-hydrogen) atoms. The molecule has 0 saturated carbocycles. The minimum absolute atomic E-state index is 0.370. The standard InChI is InChI=1S/C13H19BrClN/c1-3-5-9-12(16-4-2)10-7-6-8-11(14)13(10)15/h6-8,12,16H,3-5,9H2,1-2H3. The molecule has 1 N–H and O–H groups in total. The maximum Gasteiger partial charge on any atom is 0.0595 e. The minimum atomic E-state index is 0.370. The first-order chi connectivity index (χ1) is 7.70. The van der Waals surface area contributed by atoms with Gasteiger partial charge in [0.05, 0.1) is 5.02 Å². The van der Waals surface area contributed by atoms with Crippen LogP contribution in [0.2, 0.25) is 5.02 Å². The molecule has 0 spiro atoms. The molecule has 0 saturated heterocycles. The van der Waals surface area contributed by atoms with Crippen LogP contribution in [0, 0.1) is 0 Å². The monoisotopic (exact) mass is 303 g/mol. The van der Waals surface area contributed by atoms with Crippen LogP contribution in [0.5, 0.6) is 0 Å². The zero-order chi connectivity index (χ0) is 12.0. The largest absolute Gasteiger partial charge is 0.310 e. The molecule has 0 heterocycles. The summed E-state index contributed by atoms with van der Waals surface area (Å²) in [7, 11) is 0. The van der Waals surface area contributed by atoms with E-state index in [1.54, 1.807) is 0 Å². The Morgan fingerprint density at radius 2 is 2.12 bits per heavy atom. The average molecular weight is 305 g/mol. The first-order valence-electron chi connectivity index (χ1n) is 5.88. The summed E-state index contributed by atoms with van der Waals surface area (Å²) in [6.07, 6.45) is 3.58. The molecule has 1 nitrogen and oxygen atoms in total. The molecule has 0 bridgehead atoms. The second-order valence-corrected chi connectivity index (χ2v) is 5.13. The van der Waals surface area contributed by atoms with Gasteiger partial charge in [-0.15, -0.1) is 0 Å². The molecule has 1 rings (SSSR count). The van der Waals surface area contributed by atoms with Crippen LogP contribution in [-0.2, 0) is 0 Å². The van der Waals surface area contributed by atoms with E-state index in [9.17, 15) is 0 Å². The van der Waals surface area contributed by atoms with E-state index < -0.39 is 0 Å². The van der Waals surface area contributed by atoms with Gasteiger partial charge in [-0.25, -0.2) is 0 Å². The highest BCUT2D eigenvalue weighted by Gasteiger charge is 2.14. The van der Waals surface area contributed by atoms with E-state index in [2.05, 4.69) is 41.2 Å². The van der Waals surface area contributed by atoms with E-state index in [0.29, 0.717) is 6.04 Å². The van der Waals surface area contributed by atoms with Crippen molar-refractivity contribution in [3.63, 3.8) is 0 Å². The Labute approximate surface area is 112 Å². The smallest absolute Gasteiger partial charge is 0.0595 e. The van der Waals surface area contributed by atoms with Crippen molar-refractivity contribution in [3.05, 3.63) is 33.3 Å². The van der Waals surface area contributed by atoms with E-state index in [-0.39, 0.29) is 0 Å². The number of unbranched alkanes of at least 4 members (excludes halogenated alkanes) is 1. The maximum atomic E-state index is 6.32. The summed E-state index contributed by atoms with van der Waals surface area (Å²) in [6, 6.07) is 6.50. The van der Waals surface area contributed by atoms with Gasteiger partial charge in [0, 0.05) is 10.5 Å². The summed E-state index contributed by atoms with van der Waals surface area (Å²) in [5.41, 5.74) is 1.20. The minimum Gasteiger partial charge on any atom is -0.310 e. The Morgan fingerprint density at radius 3 is 2.75 bits per heavy atom. The van der Waals surface area contributed by atoms with Crippen molar-refractivity contribution >= 4 is 27.5 Å². The number of rotatable bonds is 6. The van der Waals surface area contributed by atoms with E-state index in [1.165, 1.54) is 18.4 Å². The van der Waals surface area contributed by atoms with Crippen LogP contribution in [0.1, 0.15) is 44.7 Å². The molecule has 90 valence electrons. The van der Waals surface area contributed by atoms with Gasteiger partial charge in [0.1, 0.15) is 0 Å². The summed E-state index contributed by atoms with van der Waals surface area (Å²) in [4.78, 5) is 0. The third kappa shape index (κ3) is 3.76. The van der Waals surface area contributed by atoms with E-state index >= 15 is 0 Å². The Kier molecular flexibility index (Phi) is 6.40.